The number of aromatic amines is 1. The highest BCUT2D eigenvalue weighted by atomic mass is 16.5. The number of ether oxygens (including phenoxy) is 1. The summed E-state index contributed by atoms with van der Waals surface area (Å²) in [5, 5.41) is 11.1. The minimum Gasteiger partial charge on any atom is -0.507 e. The molecule has 1 aromatic heterocycles. The maximum absolute atomic E-state index is 11.1. The van der Waals surface area contributed by atoms with Crippen molar-refractivity contribution in [2.75, 3.05) is 26.3 Å². The van der Waals surface area contributed by atoms with Gasteiger partial charge in [0.2, 0.25) is 5.69 Å². The van der Waals surface area contributed by atoms with Gasteiger partial charge in [0.05, 0.1) is 13.2 Å². The molecule has 0 radical (unpaired) electrons. The Morgan fingerprint density at radius 3 is 2.00 bits per heavy atom. The zero-order valence-corrected chi connectivity index (χ0v) is 18.2. The molecule has 1 saturated heterocycles. The summed E-state index contributed by atoms with van der Waals surface area (Å²) in [5.41, 5.74) is 4.22. The minimum atomic E-state index is -0.134. The molecule has 1 fully saturated rings. The molecule has 0 spiro atoms. The average molecular weight is 385 g/mol. The van der Waals surface area contributed by atoms with Crippen molar-refractivity contribution in [2.24, 2.45) is 0 Å². The van der Waals surface area contributed by atoms with Crippen LogP contribution in [-0.4, -0.2) is 31.4 Å². The molecule has 1 atom stereocenters. The van der Waals surface area contributed by atoms with Crippen molar-refractivity contribution in [1.29, 1.82) is 0 Å². The lowest BCUT2D eigenvalue weighted by Gasteiger charge is -2.33. The standard InChI is InChI=1S/C24H34N2O2/c1-23(2,3)18-15-17(16-19(22(18)27)24(4,5)6)21(20-9-7-8-10-25-20)26-11-13-28-14-12-26/h7-10,15-16,21,27H,11-14H2,1-6H3/p+2. The molecule has 0 aliphatic carbocycles. The highest BCUT2D eigenvalue weighted by molar-refractivity contribution is 5.51. The number of rotatable bonds is 3. The van der Waals surface area contributed by atoms with Crippen LogP contribution < -0.4 is 9.88 Å². The fraction of sp³-hybridized carbons (Fsp3) is 0.542. The van der Waals surface area contributed by atoms with Crippen molar-refractivity contribution < 1.29 is 19.7 Å². The molecule has 3 rings (SSSR count). The highest BCUT2D eigenvalue weighted by Gasteiger charge is 2.35. The fourth-order valence-electron chi connectivity index (χ4n) is 4.11. The number of phenols is 1. The number of nitrogens with one attached hydrogen (secondary N) is 2. The molecule has 28 heavy (non-hydrogen) atoms. The number of aromatic hydroxyl groups is 1. The van der Waals surface area contributed by atoms with Gasteiger partial charge in [0.25, 0.3) is 0 Å². The number of benzene rings is 1. The van der Waals surface area contributed by atoms with Gasteiger partial charge in [-0.25, -0.2) is 4.98 Å². The SMILES string of the molecule is CC(C)(C)c1cc(C(c2cccc[nH+]2)[NH+]2CCOCC2)cc(C(C)(C)C)c1O. The molecular formula is C24H36N2O2+2. The second-order valence-electron chi connectivity index (χ2n) is 9.99. The molecule has 1 aliphatic heterocycles. The Hall–Kier alpha value is -1.91. The monoisotopic (exact) mass is 384 g/mol. The molecule has 3 N–H and O–H groups in total. The van der Waals surface area contributed by atoms with Crippen molar-refractivity contribution in [3.63, 3.8) is 0 Å². The van der Waals surface area contributed by atoms with Crippen LogP contribution in [0.1, 0.15) is 70.0 Å². The Balaban J connectivity index is 2.21. The average Bonchev–Trinajstić information content (AvgIpc) is 2.63. The quantitative estimate of drug-likeness (QED) is 0.855. The van der Waals surface area contributed by atoms with Gasteiger partial charge in [-0.05, 0) is 29.0 Å². The number of hydrogen-bond acceptors (Lipinski definition) is 2. The minimum absolute atomic E-state index is 0.134. The molecule has 2 heterocycles. The van der Waals surface area contributed by atoms with Gasteiger partial charge >= 0.3 is 0 Å². The van der Waals surface area contributed by atoms with Gasteiger partial charge in [-0.3, -0.25) is 0 Å². The van der Waals surface area contributed by atoms with Gasteiger partial charge in [-0.15, -0.1) is 0 Å². The third-order valence-electron chi connectivity index (χ3n) is 5.67. The van der Waals surface area contributed by atoms with Crippen molar-refractivity contribution >= 4 is 0 Å². The van der Waals surface area contributed by atoms with Crippen molar-refractivity contribution in [3.8, 4) is 5.75 Å². The maximum Gasteiger partial charge on any atom is 0.242 e. The van der Waals surface area contributed by atoms with E-state index in [2.05, 4.69) is 70.8 Å². The summed E-state index contributed by atoms with van der Waals surface area (Å²) in [6.07, 6.45) is 2.00. The predicted octanol–water partition coefficient (Wildman–Crippen LogP) is 2.81. The summed E-state index contributed by atoms with van der Waals surface area (Å²) >= 11 is 0. The number of aromatic nitrogens is 1. The lowest BCUT2D eigenvalue weighted by molar-refractivity contribution is -0.937. The van der Waals surface area contributed by atoms with Gasteiger partial charge in [0.15, 0.2) is 12.2 Å². The fourth-order valence-corrected chi connectivity index (χ4v) is 4.11. The van der Waals surface area contributed by atoms with Crippen molar-refractivity contribution in [1.82, 2.24) is 0 Å². The number of H-pyrrole nitrogens is 1. The Morgan fingerprint density at radius 2 is 1.54 bits per heavy atom. The number of quaternary nitrogens is 1. The van der Waals surface area contributed by atoms with Crippen LogP contribution in [0.15, 0.2) is 36.5 Å². The van der Waals surface area contributed by atoms with Crippen molar-refractivity contribution in [3.05, 3.63) is 58.9 Å². The molecule has 152 valence electrons. The summed E-state index contributed by atoms with van der Waals surface area (Å²) in [7, 11) is 0. The van der Waals surface area contributed by atoms with E-state index in [1.165, 1.54) is 16.2 Å². The second-order valence-corrected chi connectivity index (χ2v) is 9.99. The first-order chi connectivity index (χ1) is 13.1. The highest BCUT2D eigenvalue weighted by Crippen LogP contribution is 2.41. The van der Waals surface area contributed by atoms with Gasteiger partial charge in [0.1, 0.15) is 18.8 Å². The van der Waals surface area contributed by atoms with Gasteiger partial charge in [-0.1, -0.05) is 41.5 Å². The molecule has 1 unspecified atom stereocenters. The van der Waals surface area contributed by atoms with Crippen LogP contribution in [0.2, 0.25) is 0 Å². The summed E-state index contributed by atoms with van der Waals surface area (Å²) in [4.78, 5) is 4.97. The van der Waals surface area contributed by atoms with E-state index >= 15 is 0 Å². The largest absolute Gasteiger partial charge is 0.507 e. The number of morpholine rings is 1. The third-order valence-corrected chi connectivity index (χ3v) is 5.67. The summed E-state index contributed by atoms with van der Waals surface area (Å²) in [6, 6.07) is 10.9. The molecule has 0 bridgehead atoms. The lowest BCUT2D eigenvalue weighted by atomic mass is 9.77. The van der Waals surface area contributed by atoms with Crippen LogP contribution in [0.4, 0.5) is 0 Å². The van der Waals surface area contributed by atoms with E-state index in [4.69, 9.17) is 4.74 Å². The molecule has 0 amide bonds. The molecule has 1 aliphatic rings. The van der Waals surface area contributed by atoms with Crippen LogP contribution in [0.3, 0.4) is 0 Å². The van der Waals surface area contributed by atoms with Gasteiger partial charge < -0.3 is 14.7 Å². The van der Waals surface area contributed by atoms with E-state index < -0.39 is 0 Å². The van der Waals surface area contributed by atoms with E-state index in [9.17, 15) is 5.11 Å². The Labute approximate surface area is 169 Å². The lowest BCUT2D eigenvalue weighted by Crippen LogP contribution is -3.14. The molecule has 4 nitrogen and oxygen atoms in total. The topological polar surface area (TPSA) is 48.0 Å². The Morgan fingerprint density at radius 1 is 0.964 bits per heavy atom. The van der Waals surface area contributed by atoms with E-state index in [0.29, 0.717) is 5.75 Å². The summed E-state index contributed by atoms with van der Waals surface area (Å²) in [6.45, 7) is 16.5. The maximum atomic E-state index is 11.1. The zero-order valence-electron chi connectivity index (χ0n) is 18.2. The smallest absolute Gasteiger partial charge is 0.242 e. The van der Waals surface area contributed by atoms with Crippen LogP contribution in [0.5, 0.6) is 5.75 Å². The summed E-state index contributed by atoms with van der Waals surface area (Å²) < 4.78 is 5.63. The Kier molecular flexibility index (Phi) is 5.83. The van der Waals surface area contributed by atoms with E-state index in [0.717, 1.165) is 37.4 Å². The van der Waals surface area contributed by atoms with Crippen LogP contribution in [-0.2, 0) is 15.6 Å². The first kappa shape index (κ1) is 20.8. The molecular weight excluding hydrogens is 348 g/mol. The van der Waals surface area contributed by atoms with Gasteiger partial charge in [-0.2, -0.15) is 0 Å². The second kappa shape index (κ2) is 7.84. The Bertz CT molecular complexity index is 763. The number of hydrogen-bond donors (Lipinski definition) is 2. The first-order valence-electron chi connectivity index (χ1n) is 10.4. The normalized spacial score (nSPS) is 17.5. The van der Waals surface area contributed by atoms with Crippen LogP contribution in [0, 0.1) is 0 Å². The number of phenolic OH excluding ortho intramolecular Hbond substituents is 1. The molecule has 0 saturated carbocycles. The van der Waals surface area contributed by atoms with Crippen LogP contribution >= 0.6 is 0 Å². The molecule has 4 heteroatoms. The molecule has 1 aromatic carbocycles. The third kappa shape index (κ3) is 4.39. The molecule has 2 aromatic rings. The zero-order chi connectivity index (χ0) is 20.5. The van der Waals surface area contributed by atoms with E-state index in [1.807, 2.05) is 12.3 Å². The predicted molar refractivity (Wildman–Crippen MR) is 112 cm³/mol. The van der Waals surface area contributed by atoms with Gasteiger partial charge in [0, 0.05) is 28.8 Å². The van der Waals surface area contributed by atoms with Crippen molar-refractivity contribution in [2.45, 2.75) is 58.4 Å². The van der Waals surface area contributed by atoms with E-state index in [1.54, 1.807) is 0 Å². The van der Waals surface area contributed by atoms with Crippen LogP contribution in [0.25, 0.3) is 0 Å². The number of pyridine rings is 1. The first-order valence-corrected chi connectivity index (χ1v) is 10.4. The summed E-state index contributed by atoms with van der Waals surface area (Å²) in [5.74, 6) is 0.441. The van der Waals surface area contributed by atoms with E-state index in [-0.39, 0.29) is 16.9 Å².